The number of nitrogens with one attached hydrogen (secondary N) is 1. The third kappa shape index (κ3) is 2.32. The smallest absolute Gasteiger partial charge is 0.0656 e. The number of hydrogen-bond donors (Lipinski definition) is 1. The molecule has 2 heteroatoms. The molecule has 2 heterocycles. The zero-order chi connectivity index (χ0) is 14.1. The second-order valence-corrected chi connectivity index (χ2v) is 5.12. The van der Waals surface area contributed by atoms with E-state index in [9.17, 15) is 0 Å². The summed E-state index contributed by atoms with van der Waals surface area (Å²) < 4.78 is 0. The van der Waals surface area contributed by atoms with E-state index in [0.29, 0.717) is 0 Å². The molecular weight excluding hydrogens is 256 g/mol. The predicted molar refractivity (Wildman–Crippen MR) is 87.5 cm³/mol. The molecule has 0 fully saturated rings. The number of nitrogens with zero attached hydrogens (tertiary/aromatic N) is 1. The highest BCUT2D eigenvalue weighted by molar-refractivity contribution is 5.83. The molecule has 0 aliphatic carbocycles. The van der Waals surface area contributed by atoms with Crippen molar-refractivity contribution in [1.29, 1.82) is 0 Å². The molecule has 1 aromatic heterocycles. The van der Waals surface area contributed by atoms with Gasteiger partial charge in [0, 0.05) is 23.5 Å². The molecular formula is C19H14N2. The first kappa shape index (κ1) is 11.9. The summed E-state index contributed by atoms with van der Waals surface area (Å²) in [7, 11) is 0. The molecule has 0 amide bonds. The van der Waals surface area contributed by atoms with Crippen molar-refractivity contribution in [2.24, 2.45) is 0 Å². The topological polar surface area (TPSA) is 24.9 Å². The van der Waals surface area contributed by atoms with Gasteiger partial charge in [0.1, 0.15) is 0 Å². The molecule has 2 nitrogen and oxygen atoms in total. The molecule has 1 aliphatic heterocycles. The Bertz CT molecular complexity index is 968. The molecule has 0 bridgehead atoms. The largest absolute Gasteiger partial charge is 0.361 e. The highest BCUT2D eigenvalue weighted by Crippen LogP contribution is 2.15. The Kier molecular flexibility index (Phi) is 2.79. The van der Waals surface area contributed by atoms with Gasteiger partial charge in [0.2, 0.25) is 0 Å². The van der Waals surface area contributed by atoms with Crippen LogP contribution in [0.2, 0.25) is 0 Å². The lowest BCUT2D eigenvalue weighted by Gasteiger charge is -2.07. The molecule has 0 atom stereocenters. The van der Waals surface area contributed by atoms with Crippen LogP contribution in [-0.2, 0) is 0 Å². The van der Waals surface area contributed by atoms with Gasteiger partial charge in [-0.05, 0) is 34.0 Å². The maximum atomic E-state index is 4.51. The summed E-state index contributed by atoms with van der Waals surface area (Å²) in [5, 5.41) is 8.12. The Labute approximate surface area is 122 Å². The van der Waals surface area contributed by atoms with E-state index in [-0.39, 0.29) is 0 Å². The first-order chi connectivity index (χ1) is 10.4. The molecule has 0 saturated carbocycles. The maximum Gasteiger partial charge on any atom is 0.0656 e. The molecule has 100 valence electrons. The fourth-order valence-corrected chi connectivity index (χ4v) is 2.57. The van der Waals surface area contributed by atoms with E-state index in [2.05, 4.69) is 58.9 Å². The van der Waals surface area contributed by atoms with E-state index in [1.165, 1.54) is 15.8 Å². The highest BCUT2D eigenvalue weighted by Gasteiger charge is 2.00. The molecule has 2 aromatic carbocycles. The van der Waals surface area contributed by atoms with Crippen LogP contribution in [-0.4, -0.2) is 4.98 Å². The number of benzene rings is 2. The SMILES string of the molecule is C(=C1C=c2ccccc2=CN1)c1cc2ccccc2cn1. The summed E-state index contributed by atoms with van der Waals surface area (Å²) >= 11 is 0. The Morgan fingerprint density at radius 2 is 1.62 bits per heavy atom. The average molecular weight is 270 g/mol. The molecule has 0 radical (unpaired) electrons. The van der Waals surface area contributed by atoms with Crippen LogP contribution in [0.3, 0.4) is 0 Å². The van der Waals surface area contributed by atoms with Gasteiger partial charge in [-0.25, -0.2) is 0 Å². The number of hydrogen-bond acceptors (Lipinski definition) is 2. The molecule has 3 aromatic rings. The van der Waals surface area contributed by atoms with Gasteiger partial charge in [-0.2, -0.15) is 0 Å². The summed E-state index contributed by atoms with van der Waals surface area (Å²) in [4.78, 5) is 4.51. The zero-order valence-electron chi connectivity index (χ0n) is 11.5. The maximum absolute atomic E-state index is 4.51. The minimum Gasteiger partial charge on any atom is -0.361 e. The Balaban J connectivity index is 1.78. The van der Waals surface area contributed by atoms with E-state index in [1.807, 2.05) is 30.6 Å². The molecule has 0 unspecified atom stereocenters. The quantitative estimate of drug-likeness (QED) is 0.734. The molecule has 21 heavy (non-hydrogen) atoms. The average Bonchev–Trinajstić information content (AvgIpc) is 2.55. The van der Waals surface area contributed by atoms with Crippen LogP contribution in [0.25, 0.3) is 29.1 Å². The van der Waals surface area contributed by atoms with Gasteiger partial charge in [-0.3, -0.25) is 4.98 Å². The Morgan fingerprint density at radius 3 is 2.52 bits per heavy atom. The van der Waals surface area contributed by atoms with Crippen LogP contribution in [0.1, 0.15) is 5.69 Å². The van der Waals surface area contributed by atoms with Gasteiger partial charge in [-0.1, -0.05) is 48.5 Å². The number of fused-ring (bicyclic) bond motifs is 2. The first-order valence-electron chi connectivity index (χ1n) is 6.98. The van der Waals surface area contributed by atoms with Gasteiger partial charge in [0.15, 0.2) is 0 Å². The second kappa shape index (κ2) is 4.91. The van der Waals surface area contributed by atoms with Crippen molar-refractivity contribution in [1.82, 2.24) is 10.3 Å². The van der Waals surface area contributed by atoms with Crippen LogP contribution < -0.4 is 15.8 Å². The van der Waals surface area contributed by atoms with Crippen molar-refractivity contribution in [2.45, 2.75) is 0 Å². The molecule has 4 rings (SSSR count). The van der Waals surface area contributed by atoms with E-state index >= 15 is 0 Å². The van der Waals surface area contributed by atoms with Crippen LogP contribution in [0.4, 0.5) is 0 Å². The first-order valence-corrected chi connectivity index (χ1v) is 6.98. The summed E-state index contributed by atoms with van der Waals surface area (Å²) in [6.07, 6.45) is 8.16. The van der Waals surface area contributed by atoms with E-state index in [1.54, 1.807) is 0 Å². The highest BCUT2D eigenvalue weighted by atomic mass is 14.9. The predicted octanol–water partition coefficient (Wildman–Crippen LogP) is 2.40. The summed E-state index contributed by atoms with van der Waals surface area (Å²) in [6, 6.07) is 18.7. The van der Waals surface area contributed by atoms with Crippen molar-refractivity contribution in [3.05, 3.63) is 82.6 Å². The summed E-state index contributed by atoms with van der Waals surface area (Å²) in [6.45, 7) is 0. The molecule has 1 aliphatic rings. The van der Waals surface area contributed by atoms with Crippen molar-refractivity contribution < 1.29 is 0 Å². The van der Waals surface area contributed by atoms with Crippen molar-refractivity contribution >= 4 is 29.1 Å². The third-order valence-corrected chi connectivity index (χ3v) is 3.66. The zero-order valence-corrected chi connectivity index (χ0v) is 11.5. The summed E-state index contributed by atoms with van der Waals surface area (Å²) in [5.41, 5.74) is 2.01. The van der Waals surface area contributed by atoms with Crippen LogP contribution in [0, 0.1) is 0 Å². The Hall–Kier alpha value is -2.87. The molecule has 0 saturated heterocycles. The van der Waals surface area contributed by atoms with Crippen molar-refractivity contribution in [3.8, 4) is 0 Å². The lowest BCUT2D eigenvalue weighted by molar-refractivity contribution is 1.18. The fraction of sp³-hybridized carbons (Fsp3) is 0. The van der Waals surface area contributed by atoms with E-state index < -0.39 is 0 Å². The van der Waals surface area contributed by atoms with Crippen molar-refractivity contribution in [3.63, 3.8) is 0 Å². The minimum atomic E-state index is 0.959. The lowest BCUT2D eigenvalue weighted by atomic mass is 10.1. The minimum absolute atomic E-state index is 0.959. The standard InChI is InChI=1S/C19H14N2/c1-3-7-16-12-20-18(9-14(16)5-1)11-19-10-15-6-2-4-8-17(15)13-21-19/h1-13,20H. The molecule has 0 spiro atoms. The second-order valence-electron chi connectivity index (χ2n) is 5.12. The normalized spacial score (nSPS) is 15.0. The number of allylic oxidation sites excluding steroid dienone is 1. The van der Waals surface area contributed by atoms with Gasteiger partial charge in [-0.15, -0.1) is 0 Å². The lowest BCUT2D eigenvalue weighted by Crippen LogP contribution is -2.31. The van der Waals surface area contributed by atoms with E-state index in [0.717, 1.165) is 16.8 Å². The van der Waals surface area contributed by atoms with Gasteiger partial charge in [0.05, 0.1) is 5.69 Å². The monoisotopic (exact) mass is 270 g/mol. The fourth-order valence-electron chi connectivity index (χ4n) is 2.57. The van der Waals surface area contributed by atoms with Crippen LogP contribution >= 0.6 is 0 Å². The molecule has 1 N–H and O–H groups in total. The van der Waals surface area contributed by atoms with Crippen molar-refractivity contribution in [2.75, 3.05) is 0 Å². The number of pyridine rings is 1. The van der Waals surface area contributed by atoms with Gasteiger partial charge in [0.25, 0.3) is 0 Å². The number of aromatic nitrogens is 1. The van der Waals surface area contributed by atoms with E-state index in [4.69, 9.17) is 0 Å². The van der Waals surface area contributed by atoms with Gasteiger partial charge >= 0.3 is 0 Å². The van der Waals surface area contributed by atoms with Crippen LogP contribution in [0.5, 0.6) is 0 Å². The Morgan fingerprint density at radius 1 is 0.857 bits per heavy atom. The number of rotatable bonds is 1. The van der Waals surface area contributed by atoms with Crippen LogP contribution in [0.15, 0.2) is 66.5 Å². The van der Waals surface area contributed by atoms with Gasteiger partial charge < -0.3 is 5.32 Å². The third-order valence-electron chi connectivity index (χ3n) is 3.66. The summed E-state index contributed by atoms with van der Waals surface area (Å²) in [5.74, 6) is 0.